The first-order valence-corrected chi connectivity index (χ1v) is 15.0. The summed E-state index contributed by atoms with van der Waals surface area (Å²) in [5, 5.41) is 7.76. The fourth-order valence-corrected chi connectivity index (χ4v) is 6.71. The zero-order valence-electron chi connectivity index (χ0n) is 21.2. The Morgan fingerprint density at radius 3 is 2.53 bits per heavy atom. The number of benzene rings is 1. The van der Waals surface area contributed by atoms with Gasteiger partial charge in [0.2, 0.25) is 5.95 Å². The summed E-state index contributed by atoms with van der Waals surface area (Å²) in [5.41, 5.74) is 0.791. The lowest BCUT2D eigenvalue weighted by atomic mass is 10.1. The fourth-order valence-electron chi connectivity index (χ4n) is 5.22. The van der Waals surface area contributed by atoms with Gasteiger partial charge in [0.05, 0.1) is 30.7 Å². The van der Waals surface area contributed by atoms with Crippen LogP contribution >= 0.6 is 0 Å². The topological polar surface area (TPSA) is 109 Å². The first kappa shape index (κ1) is 25.3. The third-order valence-electron chi connectivity index (χ3n) is 7.34. The fraction of sp³-hybridized carbons (Fsp3) is 0.680. The molecular weight excluding hydrogens is 480 g/mol. The van der Waals surface area contributed by atoms with E-state index >= 15 is 0 Å². The number of nitrogens with zero attached hydrogens (tertiary/aromatic N) is 4. The van der Waals surface area contributed by atoms with E-state index in [0.717, 1.165) is 55.9 Å². The lowest BCUT2D eigenvalue weighted by Crippen LogP contribution is -2.44. The van der Waals surface area contributed by atoms with Crippen LogP contribution in [-0.4, -0.2) is 100 Å². The van der Waals surface area contributed by atoms with Gasteiger partial charge in [-0.05, 0) is 51.3 Å². The first-order valence-electron chi connectivity index (χ1n) is 13.2. The summed E-state index contributed by atoms with van der Waals surface area (Å²) in [5.74, 6) is 3.15. The molecule has 0 aliphatic carbocycles. The second-order valence-electron chi connectivity index (χ2n) is 9.95. The molecule has 1 aromatic heterocycles. The maximum absolute atomic E-state index is 11.9. The highest BCUT2D eigenvalue weighted by Gasteiger charge is 2.25. The van der Waals surface area contributed by atoms with Crippen LogP contribution in [0.5, 0.6) is 11.5 Å². The van der Waals surface area contributed by atoms with Crippen molar-refractivity contribution in [1.29, 1.82) is 0 Å². The van der Waals surface area contributed by atoms with Crippen LogP contribution in [0, 0.1) is 0 Å². The number of nitrogens with one attached hydrogen (secondary N) is 2. The summed E-state index contributed by atoms with van der Waals surface area (Å²) in [6, 6.07) is 3.94. The number of aromatic nitrogens is 2. The van der Waals surface area contributed by atoms with E-state index < -0.39 is 9.84 Å². The summed E-state index contributed by atoms with van der Waals surface area (Å²) >= 11 is 0. The quantitative estimate of drug-likeness (QED) is 0.478. The molecule has 3 aliphatic heterocycles. The van der Waals surface area contributed by atoms with Crippen LogP contribution in [0.15, 0.2) is 12.1 Å². The molecule has 2 aromatic rings. The number of sulfone groups is 1. The standard InChI is InChI=1S/C25H38N6O4S/c1-34-22-17-20-21(18-23(22)35-14-4-11-30-9-2-3-10-30)28-25(31-12-7-26-8-13-31)29-24(20)27-19-5-15-36(32,33)16-6-19/h17-19,26H,2-16H2,1H3,(H,27,28,29). The van der Waals surface area contributed by atoms with Crippen molar-refractivity contribution in [2.45, 2.75) is 38.1 Å². The third-order valence-corrected chi connectivity index (χ3v) is 9.06. The molecule has 3 saturated heterocycles. The van der Waals surface area contributed by atoms with Crippen molar-refractivity contribution < 1.29 is 17.9 Å². The number of likely N-dealkylation sites (tertiary alicyclic amines) is 1. The van der Waals surface area contributed by atoms with E-state index in [-0.39, 0.29) is 17.5 Å². The Balaban J connectivity index is 1.40. The van der Waals surface area contributed by atoms with Crippen molar-refractivity contribution in [2.24, 2.45) is 0 Å². The maximum atomic E-state index is 11.9. The van der Waals surface area contributed by atoms with Crippen LogP contribution in [0.4, 0.5) is 11.8 Å². The van der Waals surface area contributed by atoms with E-state index in [1.54, 1.807) is 7.11 Å². The van der Waals surface area contributed by atoms with Gasteiger partial charge in [0.15, 0.2) is 11.5 Å². The van der Waals surface area contributed by atoms with E-state index in [2.05, 4.69) is 20.4 Å². The zero-order valence-corrected chi connectivity index (χ0v) is 22.0. The third kappa shape index (κ3) is 6.12. The number of anilines is 2. The highest BCUT2D eigenvalue weighted by Crippen LogP contribution is 2.36. The van der Waals surface area contributed by atoms with E-state index in [1.807, 2.05) is 12.1 Å². The highest BCUT2D eigenvalue weighted by atomic mass is 32.2. The number of methoxy groups -OCH3 is 1. The van der Waals surface area contributed by atoms with Crippen LogP contribution in [0.2, 0.25) is 0 Å². The Kier molecular flexibility index (Phi) is 7.97. The summed E-state index contributed by atoms with van der Waals surface area (Å²) in [6.07, 6.45) is 4.70. The summed E-state index contributed by atoms with van der Waals surface area (Å²) in [4.78, 5) is 14.5. The van der Waals surface area contributed by atoms with Crippen LogP contribution < -0.4 is 25.0 Å². The molecule has 0 atom stereocenters. The zero-order chi connectivity index (χ0) is 25.0. The predicted octanol–water partition coefficient (Wildman–Crippen LogP) is 1.90. The monoisotopic (exact) mass is 518 g/mol. The van der Waals surface area contributed by atoms with Crippen molar-refractivity contribution in [1.82, 2.24) is 20.2 Å². The average molecular weight is 519 g/mol. The molecule has 0 amide bonds. The predicted molar refractivity (Wildman–Crippen MR) is 142 cm³/mol. The van der Waals surface area contributed by atoms with Gasteiger partial charge < -0.3 is 29.9 Å². The van der Waals surface area contributed by atoms with Gasteiger partial charge in [0.25, 0.3) is 0 Å². The number of rotatable bonds is 9. The van der Waals surface area contributed by atoms with Crippen LogP contribution in [0.25, 0.3) is 10.9 Å². The van der Waals surface area contributed by atoms with E-state index in [0.29, 0.717) is 36.9 Å². The lowest BCUT2D eigenvalue weighted by Gasteiger charge is -2.29. The number of piperazine rings is 1. The lowest BCUT2D eigenvalue weighted by molar-refractivity contribution is 0.254. The van der Waals surface area contributed by atoms with Gasteiger partial charge in [-0.15, -0.1) is 0 Å². The molecule has 11 heteroatoms. The van der Waals surface area contributed by atoms with Crippen molar-refractivity contribution in [3.63, 3.8) is 0 Å². The van der Waals surface area contributed by atoms with Crippen molar-refractivity contribution in [3.8, 4) is 11.5 Å². The normalized spacial score (nSPS) is 21.1. The highest BCUT2D eigenvalue weighted by molar-refractivity contribution is 7.91. The minimum atomic E-state index is -2.94. The Bertz CT molecular complexity index is 1130. The second kappa shape index (κ2) is 11.4. The minimum Gasteiger partial charge on any atom is -0.493 e. The number of fused-ring (bicyclic) bond motifs is 1. The van der Waals surface area contributed by atoms with Crippen molar-refractivity contribution in [3.05, 3.63) is 12.1 Å². The molecule has 0 bridgehead atoms. The Hall–Kier alpha value is -2.37. The number of hydrogen-bond donors (Lipinski definition) is 2. The van der Waals surface area contributed by atoms with Gasteiger partial charge in [0.1, 0.15) is 15.7 Å². The molecule has 0 saturated carbocycles. The van der Waals surface area contributed by atoms with Gasteiger partial charge >= 0.3 is 0 Å². The molecule has 198 valence electrons. The Morgan fingerprint density at radius 1 is 1.06 bits per heavy atom. The Morgan fingerprint density at radius 2 is 1.81 bits per heavy atom. The van der Waals surface area contributed by atoms with E-state index in [1.165, 1.54) is 25.9 Å². The molecule has 2 N–H and O–H groups in total. The van der Waals surface area contributed by atoms with Gasteiger partial charge in [0, 0.05) is 50.2 Å². The Labute approximate surface area is 213 Å². The number of hydrogen-bond acceptors (Lipinski definition) is 10. The molecule has 0 unspecified atom stereocenters. The van der Waals surface area contributed by atoms with Gasteiger partial charge in [-0.2, -0.15) is 4.98 Å². The van der Waals surface area contributed by atoms with Crippen LogP contribution in [0.1, 0.15) is 32.1 Å². The maximum Gasteiger partial charge on any atom is 0.227 e. The second-order valence-corrected chi connectivity index (χ2v) is 12.3. The van der Waals surface area contributed by atoms with Gasteiger partial charge in [-0.25, -0.2) is 13.4 Å². The van der Waals surface area contributed by atoms with E-state index in [9.17, 15) is 8.42 Å². The van der Waals surface area contributed by atoms with Gasteiger partial charge in [-0.3, -0.25) is 0 Å². The van der Waals surface area contributed by atoms with Crippen molar-refractivity contribution >= 4 is 32.5 Å². The molecule has 3 aliphatic rings. The van der Waals surface area contributed by atoms with Crippen LogP contribution in [0.3, 0.4) is 0 Å². The summed E-state index contributed by atoms with van der Waals surface area (Å²) in [6.45, 7) is 7.50. The molecule has 4 heterocycles. The molecule has 0 radical (unpaired) electrons. The smallest absolute Gasteiger partial charge is 0.227 e. The first-order chi connectivity index (χ1) is 17.5. The molecule has 5 rings (SSSR count). The van der Waals surface area contributed by atoms with Crippen molar-refractivity contribution in [2.75, 3.05) is 81.3 Å². The number of ether oxygens (including phenoxy) is 2. The molecule has 1 aromatic carbocycles. The molecule has 10 nitrogen and oxygen atoms in total. The summed E-state index contributed by atoms with van der Waals surface area (Å²) in [7, 11) is -1.29. The molecule has 3 fully saturated rings. The molecule has 36 heavy (non-hydrogen) atoms. The van der Waals surface area contributed by atoms with E-state index in [4.69, 9.17) is 19.4 Å². The largest absolute Gasteiger partial charge is 0.493 e. The minimum absolute atomic E-state index is 0.0509. The van der Waals surface area contributed by atoms with Crippen LogP contribution in [-0.2, 0) is 9.84 Å². The molecule has 0 spiro atoms. The average Bonchev–Trinajstić information content (AvgIpc) is 3.41. The molecular formula is C25H38N6O4S. The summed E-state index contributed by atoms with van der Waals surface area (Å²) < 4.78 is 35.7. The SMILES string of the molecule is COc1cc2c(NC3CCS(=O)(=O)CC3)nc(N3CCNCC3)nc2cc1OCCCN1CCCC1. The van der Waals surface area contributed by atoms with Gasteiger partial charge in [-0.1, -0.05) is 0 Å².